The fraction of sp³-hybridized carbons (Fsp3) is 0.375. The highest BCUT2D eigenvalue weighted by atomic mass is 16.7. The van der Waals surface area contributed by atoms with Crippen LogP contribution in [-0.2, 0) is 17.8 Å². The molecule has 114 valence electrons. The minimum absolute atomic E-state index is 0.0944. The van der Waals surface area contributed by atoms with E-state index in [-0.39, 0.29) is 18.2 Å². The summed E-state index contributed by atoms with van der Waals surface area (Å²) >= 11 is 0. The normalized spacial score (nSPS) is 16.8. The van der Waals surface area contributed by atoms with Gasteiger partial charge in [0.25, 0.3) is 0 Å². The molecule has 0 N–H and O–H groups in total. The number of fused-ring (bicyclic) bond motifs is 4. The zero-order chi connectivity index (χ0) is 15.3. The molecule has 0 saturated carbocycles. The summed E-state index contributed by atoms with van der Waals surface area (Å²) < 4.78 is 16.2. The van der Waals surface area contributed by atoms with Crippen molar-refractivity contribution in [3.8, 4) is 11.5 Å². The number of ketones is 1. The number of nitrogens with zero attached hydrogens (tertiary/aromatic N) is 1. The summed E-state index contributed by atoms with van der Waals surface area (Å²) in [5.74, 6) is 1.37. The fourth-order valence-electron chi connectivity index (χ4n) is 3.16. The van der Waals surface area contributed by atoms with Crippen molar-refractivity contribution < 1.29 is 18.7 Å². The zero-order valence-electron chi connectivity index (χ0n) is 12.2. The second-order valence-corrected chi connectivity index (χ2v) is 5.71. The standard InChI is InChI=1S/C16H15NO5/c1-9(18)6-17-3-2-10-11-4-14-15(21-8-20-14)5-13(11)22-16(19)12(10)7-17/h4-5H,2-3,6-8H2,1H3. The topological polar surface area (TPSA) is 69.0 Å². The highest BCUT2D eigenvalue weighted by Gasteiger charge is 2.25. The Morgan fingerprint density at radius 3 is 2.77 bits per heavy atom. The van der Waals surface area contributed by atoms with E-state index in [0.29, 0.717) is 42.2 Å². The Balaban J connectivity index is 1.84. The largest absolute Gasteiger partial charge is 0.454 e. The van der Waals surface area contributed by atoms with Crippen molar-refractivity contribution in [3.05, 3.63) is 33.7 Å². The van der Waals surface area contributed by atoms with E-state index in [1.807, 2.05) is 11.0 Å². The Hall–Kier alpha value is -2.34. The van der Waals surface area contributed by atoms with E-state index in [0.717, 1.165) is 17.5 Å². The molecular weight excluding hydrogens is 286 g/mol. The maximum Gasteiger partial charge on any atom is 0.341 e. The van der Waals surface area contributed by atoms with Gasteiger partial charge in [-0.2, -0.15) is 0 Å². The number of rotatable bonds is 2. The minimum atomic E-state index is -0.338. The van der Waals surface area contributed by atoms with Gasteiger partial charge in [-0.15, -0.1) is 0 Å². The van der Waals surface area contributed by atoms with Crippen molar-refractivity contribution in [1.82, 2.24) is 4.90 Å². The van der Waals surface area contributed by atoms with Gasteiger partial charge in [-0.25, -0.2) is 4.79 Å². The Morgan fingerprint density at radius 2 is 2.00 bits per heavy atom. The summed E-state index contributed by atoms with van der Waals surface area (Å²) in [4.78, 5) is 25.5. The first-order valence-corrected chi connectivity index (χ1v) is 7.22. The summed E-state index contributed by atoms with van der Waals surface area (Å²) in [5.41, 5.74) is 1.81. The molecule has 4 rings (SSSR count). The molecule has 0 atom stereocenters. The van der Waals surface area contributed by atoms with E-state index in [1.54, 1.807) is 13.0 Å². The molecule has 1 aromatic carbocycles. The first kappa shape index (κ1) is 13.3. The lowest BCUT2D eigenvalue weighted by atomic mass is 9.97. The minimum Gasteiger partial charge on any atom is -0.454 e. The highest BCUT2D eigenvalue weighted by molar-refractivity contribution is 5.85. The van der Waals surface area contributed by atoms with Crippen LogP contribution in [0, 0.1) is 0 Å². The van der Waals surface area contributed by atoms with Crippen molar-refractivity contribution in [2.75, 3.05) is 19.9 Å². The monoisotopic (exact) mass is 301 g/mol. The van der Waals surface area contributed by atoms with Crippen LogP contribution in [0.15, 0.2) is 21.3 Å². The van der Waals surface area contributed by atoms with Crippen LogP contribution in [0.25, 0.3) is 11.0 Å². The van der Waals surface area contributed by atoms with Gasteiger partial charge in [0.1, 0.15) is 11.4 Å². The first-order chi connectivity index (χ1) is 10.6. The van der Waals surface area contributed by atoms with Gasteiger partial charge < -0.3 is 13.9 Å². The number of hydrogen-bond acceptors (Lipinski definition) is 6. The summed E-state index contributed by atoms with van der Waals surface area (Å²) in [5, 5.41) is 0.890. The summed E-state index contributed by atoms with van der Waals surface area (Å²) in [7, 11) is 0. The van der Waals surface area contributed by atoms with E-state index in [9.17, 15) is 9.59 Å². The van der Waals surface area contributed by atoms with Crippen LogP contribution in [0.4, 0.5) is 0 Å². The van der Waals surface area contributed by atoms with Crippen LogP contribution in [0.1, 0.15) is 18.1 Å². The number of Topliss-reactive ketones (excluding diaryl/α,β-unsaturated/α-hetero) is 1. The molecule has 22 heavy (non-hydrogen) atoms. The quantitative estimate of drug-likeness (QED) is 0.782. The van der Waals surface area contributed by atoms with Gasteiger partial charge >= 0.3 is 5.63 Å². The lowest BCUT2D eigenvalue weighted by Crippen LogP contribution is -2.36. The van der Waals surface area contributed by atoms with Crippen molar-refractivity contribution >= 4 is 16.8 Å². The Morgan fingerprint density at radius 1 is 1.23 bits per heavy atom. The number of ether oxygens (including phenoxy) is 2. The number of carbonyl (C=O) groups excluding carboxylic acids is 1. The smallest absolute Gasteiger partial charge is 0.341 e. The second kappa shape index (κ2) is 4.84. The molecule has 0 unspecified atom stereocenters. The molecule has 0 spiro atoms. The van der Waals surface area contributed by atoms with Crippen molar-refractivity contribution in [1.29, 1.82) is 0 Å². The number of benzene rings is 1. The van der Waals surface area contributed by atoms with Gasteiger partial charge in [0.15, 0.2) is 11.5 Å². The van der Waals surface area contributed by atoms with Crippen LogP contribution in [0.3, 0.4) is 0 Å². The SMILES string of the molecule is CC(=O)CN1CCc2c(c(=O)oc3cc4c(cc23)OCO4)C1. The van der Waals surface area contributed by atoms with Gasteiger partial charge in [0.05, 0.1) is 12.1 Å². The molecule has 6 heteroatoms. The fourth-order valence-corrected chi connectivity index (χ4v) is 3.16. The number of hydrogen-bond donors (Lipinski definition) is 0. The Labute approximate surface area is 126 Å². The van der Waals surface area contributed by atoms with Crippen molar-refractivity contribution in [2.24, 2.45) is 0 Å². The van der Waals surface area contributed by atoms with Gasteiger partial charge in [-0.1, -0.05) is 0 Å². The third kappa shape index (κ3) is 2.07. The van der Waals surface area contributed by atoms with Crippen LogP contribution in [-0.4, -0.2) is 30.6 Å². The average molecular weight is 301 g/mol. The van der Waals surface area contributed by atoms with Crippen LogP contribution >= 0.6 is 0 Å². The molecule has 6 nitrogen and oxygen atoms in total. The maximum absolute atomic E-state index is 12.3. The first-order valence-electron chi connectivity index (χ1n) is 7.22. The average Bonchev–Trinajstić information content (AvgIpc) is 2.92. The lowest BCUT2D eigenvalue weighted by molar-refractivity contribution is -0.118. The Kier molecular flexibility index (Phi) is 2.94. The second-order valence-electron chi connectivity index (χ2n) is 5.71. The Bertz CT molecular complexity index is 839. The van der Waals surface area contributed by atoms with Gasteiger partial charge in [0, 0.05) is 24.5 Å². The molecule has 1 aromatic heterocycles. The molecule has 0 saturated heterocycles. The predicted octanol–water partition coefficient (Wildman–Crippen LogP) is 1.47. The van der Waals surface area contributed by atoms with E-state index in [4.69, 9.17) is 13.9 Å². The molecule has 2 aliphatic rings. The van der Waals surface area contributed by atoms with Crippen LogP contribution in [0.5, 0.6) is 11.5 Å². The van der Waals surface area contributed by atoms with Crippen molar-refractivity contribution in [3.63, 3.8) is 0 Å². The summed E-state index contributed by atoms with van der Waals surface area (Å²) in [6.07, 6.45) is 0.713. The van der Waals surface area contributed by atoms with E-state index in [2.05, 4.69) is 0 Å². The molecule has 0 fully saturated rings. The van der Waals surface area contributed by atoms with Gasteiger partial charge in [0.2, 0.25) is 6.79 Å². The van der Waals surface area contributed by atoms with E-state index >= 15 is 0 Å². The van der Waals surface area contributed by atoms with Crippen molar-refractivity contribution in [2.45, 2.75) is 19.9 Å². The highest BCUT2D eigenvalue weighted by Crippen LogP contribution is 2.38. The maximum atomic E-state index is 12.3. The van der Waals surface area contributed by atoms with E-state index in [1.165, 1.54) is 0 Å². The van der Waals surface area contributed by atoms with E-state index < -0.39 is 0 Å². The molecule has 2 aromatic rings. The molecule has 0 radical (unpaired) electrons. The molecule has 0 amide bonds. The number of carbonyl (C=O) groups is 1. The summed E-state index contributed by atoms with van der Waals surface area (Å²) in [6.45, 7) is 3.29. The molecule has 2 aliphatic heterocycles. The van der Waals surface area contributed by atoms with Gasteiger partial charge in [-0.3, -0.25) is 9.69 Å². The predicted molar refractivity (Wildman–Crippen MR) is 78.3 cm³/mol. The third-order valence-corrected chi connectivity index (χ3v) is 4.12. The molecule has 3 heterocycles. The van der Waals surface area contributed by atoms with Crippen LogP contribution in [0.2, 0.25) is 0 Å². The van der Waals surface area contributed by atoms with Gasteiger partial charge in [-0.05, 0) is 25.0 Å². The third-order valence-electron chi connectivity index (χ3n) is 4.12. The zero-order valence-corrected chi connectivity index (χ0v) is 12.2. The summed E-state index contributed by atoms with van der Waals surface area (Å²) in [6, 6.07) is 3.58. The molecular formula is C16H15NO5. The molecule has 0 aliphatic carbocycles. The molecule has 0 bridgehead atoms. The lowest BCUT2D eigenvalue weighted by Gasteiger charge is -2.27. The van der Waals surface area contributed by atoms with Crippen LogP contribution < -0.4 is 15.1 Å².